The zero-order chi connectivity index (χ0) is 21.8. The second-order valence-electron chi connectivity index (χ2n) is 8.06. The molecule has 2 atom stereocenters. The van der Waals surface area contributed by atoms with Gasteiger partial charge in [0.25, 0.3) is 0 Å². The maximum Gasteiger partial charge on any atom is 0.414 e. The number of halogens is 1. The lowest BCUT2D eigenvalue weighted by molar-refractivity contribution is -0.123. The third kappa shape index (κ3) is 4.80. The number of nitriles is 1. The Hall–Kier alpha value is -3.12. The molecule has 0 spiro atoms. The quantitative estimate of drug-likeness (QED) is 0.699. The number of carbonyl (C=O) groups is 2. The number of carbonyl (C=O) groups excluding carboxylic acids is 2. The average Bonchev–Trinajstić information content (AvgIpc) is 3.43. The van der Waals surface area contributed by atoms with Crippen molar-refractivity contribution in [3.8, 4) is 6.07 Å². The third-order valence-corrected chi connectivity index (χ3v) is 6.01. The Morgan fingerprint density at radius 3 is 2.87 bits per heavy atom. The summed E-state index contributed by atoms with van der Waals surface area (Å²) in [7, 11) is 0. The highest BCUT2D eigenvalue weighted by molar-refractivity contribution is 5.90. The molecule has 31 heavy (non-hydrogen) atoms. The maximum atomic E-state index is 14.8. The van der Waals surface area contributed by atoms with E-state index in [9.17, 15) is 14.0 Å². The number of piperidine rings is 1. The molecule has 0 bridgehead atoms. The maximum absolute atomic E-state index is 14.8. The van der Waals surface area contributed by atoms with E-state index in [1.54, 1.807) is 18.2 Å². The first kappa shape index (κ1) is 21.1. The van der Waals surface area contributed by atoms with Gasteiger partial charge in [-0.2, -0.15) is 5.26 Å². The minimum absolute atomic E-state index is 0.0864. The number of nitrogens with one attached hydrogen (secondary N) is 2. The molecule has 3 aliphatic heterocycles. The number of allylic oxidation sites excluding steroid dienone is 1. The first-order chi connectivity index (χ1) is 15.0. The predicted molar refractivity (Wildman–Crippen MR) is 113 cm³/mol. The molecule has 0 aromatic heterocycles. The van der Waals surface area contributed by atoms with Gasteiger partial charge in [-0.1, -0.05) is 5.57 Å². The van der Waals surface area contributed by atoms with Crippen LogP contribution in [0.5, 0.6) is 0 Å². The van der Waals surface area contributed by atoms with Crippen molar-refractivity contribution in [3.05, 3.63) is 35.7 Å². The van der Waals surface area contributed by atoms with E-state index in [0.717, 1.165) is 37.8 Å². The normalized spacial score (nSPS) is 23.5. The van der Waals surface area contributed by atoms with Gasteiger partial charge in [0.1, 0.15) is 11.9 Å². The van der Waals surface area contributed by atoms with Crippen LogP contribution in [0.2, 0.25) is 0 Å². The van der Waals surface area contributed by atoms with Gasteiger partial charge >= 0.3 is 6.09 Å². The number of hydrogen-bond acceptors (Lipinski definition) is 6. The molecule has 1 aromatic rings. The second kappa shape index (κ2) is 9.35. The van der Waals surface area contributed by atoms with Gasteiger partial charge in [0.05, 0.1) is 36.6 Å². The fourth-order valence-corrected chi connectivity index (χ4v) is 4.28. The van der Waals surface area contributed by atoms with E-state index >= 15 is 0 Å². The van der Waals surface area contributed by atoms with Crippen LogP contribution in [-0.4, -0.2) is 56.9 Å². The van der Waals surface area contributed by atoms with Gasteiger partial charge < -0.3 is 20.3 Å². The van der Waals surface area contributed by atoms with Crippen molar-refractivity contribution in [2.75, 3.05) is 42.5 Å². The highest BCUT2D eigenvalue weighted by Gasteiger charge is 2.34. The van der Waals surface area contributed by atoms with Gasteiger partial charge in [-0.3, -0.25) is 9.69 Å². The number of amides is 2. The van der Waals surface area contributed by atoms with Crippen LogP contribution >= 0.6 is 0 Å². The van der Waals surface area contributed by atoms with E-state index in [-0.39, 0.29) is 25.0 Å². The van der Waals surface area contributed by atoms with Crippen molar-refractivity contribution in [1.29, 1.82) is 5.26 Å². The summed E-state index contributed by atoms with van der Waals surface area (Å²) in [5.74, 6) is -0.487. The van der Waals surface area contributed by atoms with Crippen LogP contribution in [0.25, 0.3) is 0 Å². The van der Waals surface area contributed by atoms with Crippen LogP contribution in [0.3, 0.4) is 0 Å². The zero-order valence-corrected chi connectivity index (χ0v) is 17.3. The molecule has 9 heteroatoms. The Kier molecular flexibility index (Phi) is 6.37. The molecule has 3 fully saturated rings. The van der Waals surface area contributed by atoms with Crippen LogP contribution in [0.15, 0.2) is 29.8 Å². The minimum Gasteiger partial charge on any atom is -0.442 e. The fraction of sp³-hybridized carbons (Fsp3) is 0.500. The summed E-state index contributed by atoms with van der Waals surface area (Å²) in [5.41, 5.74) is 2.00. The van der Waals surface area contributed by atoms with Crippen LogP contribution in [0.1, 0.15) is 25.7 Å². The van der Waals surface area contributed by atoms with Gasteiger partial charge in [0.15, 0.2) is 0 Å². The summed E-state index contributed by atoms with van der Waals surface area (Å²) in [6.07, 6.45) is 3.79. The van der Waals surface area contributed by atoms with E-state index < -0.39 is 18.0 Å². The Balaban J connectivity index is 1.34. The number of anilines is 2. The molecule has 2 amide bonds. The van der Waals surface area contributed by atoms with Crippen molar-refractivity contribution < 1.29 is 18.7 Å². The standard InChI is InChI=1S/C22H26FN5O3/c23-18-12-16(3-4-20(18)27-10-6-15(5-8-24)7-11-27)28-14-17(31-22(28)30)13-26-21(29)19-2-1-9-25-19/h3-5,12,17,19,25H,1-2,6-7,9-11,13-14H2,(H,26,29)/t17-,19?/m0/s1. The molecule has 164 valence electrons. The largest absolute Gasteiger partial charge is 0.442 e. The molecular formula is C22H26FN5O3. The van der Waals surface area contributed by atoms with Crippen LogP contribution < -0.4 is 20.4 Å². The molecular weight excluding hydrogens is 401 g/mol. The van der Waals surface area contributed by atoms with Gasteiger partial charge in [-0.15, -0.1) is 0 Å². The molecule has 2 N–H and O–H groups in total. The summed E-state index contributed by atoms with van der Waals surface area (Å²) in [5, 5.41) is 14.7. The highest BCUT2D eigenvalue weighted by atomic mass is 19.1. The van der Waals surface area contributed by atoms with Crippen LogP contribution in [0, 0.1) is 17.1 Å². The lowest BCUT2D eigenvalue weighted by Gasteiger charge is -2.30. The number of cyclic esters (lactones) is 1. The average molecular weight is 427 g/mol. The van der Waals surface area contributed by atoms with E-state index in [1.165, 1.54) is 11.0 Å². The third-order valence-electron chi connectivity index (χ3n) is 6.01. The number of rotatable bonds is 5. The lowest BCUT2D eigenvalue weighted by Crippen LogP contribution is -2.44. The second-order valence-corrected chi connectivity index (χ2v) is 8.06. The molecule has 0 saturated carbocycles. The predicted octanol–water partition coefficient (Wildman–Crippen LogP) is 2.07. The minimum atomic E-state index is -0.547. The van der Waals surface area contributed by atoms with Gasteiger partial charge in [0, 0.05) is 19.2 Å². The highest BCUT2D eigenvalue weighted by Crippen LogP contribution is 2.30. The van der Waals surface area contributed by atoms with Crippen LogP contribution in [-0.2, 0) is 9.53 Å². The van der Waals surface area contributed by atoms with Crippen LogP contribution in [0.4, 0.5) is 20.6 Å². The lowest BCUT2D eigenvalue weighted by atomic mass is 10.0. The Morgan fingerprint density at radius 1 is 1.39 bits per heavy atom. The summed E-state index contributed by atoms with van der Waals surface area (Å²) >= 11 is 0. The molecule has 0 radical (unpaired) electrons. The first-order valence-electron chi connectivity index (χ1n) is 10.7. The SMILES string of the molecule is N#CC=C1CCN(c2ccc(N3C[C@H](CNC(=O)C4CCCN4)OC3=O)cc2F)CC1. The number of hydrogen-bond donors (Lipinski definition) is 2. The molecule has 4 rings (SSSR count). The van der Waals surface area contributed by atoms with Crippen molar-refractivity contribution in [2.24, 2.45) is 0 Å². The van der Waals surface area contributed by atoms with Crippen molar-refractivity contribution in [3.63, 3.8) is 0 Å². The molecule has 8 nitrogen and oxygen atoms in total. The van der Waals surface area contributed by atoms with E-state index in [4.69, 9.17) is 10.00 Å². The van der Waals surface area contributed by atoms with Gasteiger partial charge in [0.2, 0.25) is 5.91 Å². The summed E-state index contributed by atoms with van der Waals surface area (Å²) in [6.45, 7) is 2.61. The van der Waals surface area contributed by atoms with Gasteiger partial charge in [-0.05, 0) is 50.4 Å². The van der Waals surface area contributed by atoms with Crippen molar-refractivity contribution in [2.45, 2.75) is 37.8 Å². The molecule has 3 heterocycles. The number of benzene rings is 1. The molecule has 3 aliphatic rings. The molecule has 1 unspecified atom stereocenters. The summed E-state index contributed by atoms with van der Waals surface area (Å²) < 4.78 is 20.2. The Labute approximate surface area is 180 Å². The van der Waals surface area contributed by atoms with E-state index in [2.05, 4.69) is 10.6 Å². The van der Waals surface area contributed by atoms with E-state index in [1.807, 2.05) is 11.0 Å². The van der Waals surface area contributed by atoms with Crippen molar-refractivity contribution in [1.82, 2.24) is 10.6 Å². The Bertz CT molecular complexity index is 912. The molecule has 3 saturated heterocycles. The van der Waals surface area contributed by atoms with E-state index in [0.29, 0.717) is 24.5 Å². The molecule has 0 aliphatic carbocycles. The number of ether oxygens (including phenoxy) is 1. The fourth-order valence-electron chi connectivity index (χ4n) is 4.28. The summed E-state index contributed by atoms with van der Waals surface area (Å²) in [6, 6.07) is 6.60. The summed E-state index contributed by atoms with van der Waals surface area (Å²) in [4.78, 5) is 27.8. The Morgan fingerprint density at radius 2 is 2.19 bits per heavy atom. The van der Waals surface area contributed by atoms with Crippen molar-refractivity contribution >= 4 is 23.4 Å². The topological polar surface area (TPSA) is 97.7 Å². The molecule has 1 aromatic carbocycles. The number of nitrogens with zero attached hydrogens (tertiary/aromatic N) is 3. The van der Waals surface area contributed by atoms with Gasteiger partial charge in [-0.25, -0.2) is 9.18 Å². The zero-order valence-electron chi connectivity index (χ0n) is 17.3. The smallest absolute Gasteiger partial charge is 0.414 e. The monoisotopic (exact) mass is 427 g/mol. The first-order valence-corrected chi connectivity index (χ1v) is 10.7.